The van der Waals surface area contributed by atoms with Gasteiger partial charge in [0.15, 0.2) is 5.75 Å². The van der Waals surface area contributed by atoms with Gasteiger partial charge in [0.25, 0.3) is 0 Å². The van der Waals surface area contributed by atoms with E-state index in [0.29, 0.717) is 40.2 Å². The number of hydrogen-bond acceptors (Lipinski definition) is 4. The lowest BCUT2D eigenvalue weighted by molar-refractivity contribution is 0.310. The van der Waals surface area contributed by atoms with Gasteiger partial charge in [-0.2, -0.15) is 5.26 Å². The predicted molar refractivity (Wildman–Crippen MR) is 150 cm³/mol. The van der Waals surface area contributed by atoms with Gasteiger partial charge in [0.05, 0.1) is 22.5 Å². The monoisotopic (exact) mass is 512 g/mol. The van der Waals surface area contributed by atoms with Gasteiger partial charge in [0, 0.05) is 22.5 Å². The first-order chi connectivity index (χ1) is 17.5. The molecule has 0 atom stereocenters. The molecule has 0 saturated heterocycles. The van der Waals surface area contributed by atoms with E-state index < -0.39 is 0 Å². The molecule has 0 unspecified atom stereocenters. The summed E-state index contributed by atoms with van der Waals surface area (Å²) in [5.74, 6) is 0.190. The van der Waals surface area contributed by atoms with Crippen LogP contribution < -0.4 is 15.8 Å². The van der Waals surface area contributed by atoms with Crippen LogP contribution in [0.5, 0.6) is 5.75 Å². The van der Waals surface area contributed by atoms with Gasteiger partial charge in [0.2, 0.25) is 0 Å². The summed E-state index contributed by atoms with van der Waals surface area (Å²) in [7, 11) is 0. The lowest BCUT2D eigenvalue weighted by Crippen LogP contribution is -2.04. The number of rotatable bonds is 6. The molecular weight excluding hydrogens is 487 g/mol. The number of fused-ring (bicyclic) bond motifs is 1. The smallest absolute Gasteiger partial charge is 0.166 e. The van der Waals surface area contributed by atoms with Crippen LogP contribution >= 0.6 is 12.4 Å². The SMILES string of the molecule is Cc1cc(-n2c(C)c(C#N)c3c(Nc4ccccc4)c(OCc4ccccc4)c(N)cc32)ccc1F.Cl. The van der Waals surface area contributed by atoms with Crippen LogP contribution in [0.3, 0.4) is 0 Å². The molecule has 0 aliphatic carbocycles. The number of nitriles is 1. The van der Waals surface area contributed by atoms with Crippen LogP contribution in [0.25, 0.3) is 16.6 Å². The van der Waals surface area contributed by atoms with Crippen molar-refractivity contribution in [3.8, 4) is 17.5 Å². The van der Waals surface area contributed by atoms with Crippen molar-refractivity contribution in [1.82, 2.24) is 4.57 Å². The number of halogens is 2. The molecule has 4 aromatic carbocycles. The van der Waals surface area contributed by atoms with Crippen LogP contribution in [0.1, 0.15) is 22.4 Å². The highest BCUT2D eigenvalue weighted by Gasteiger charge is 2.24. The molecule has 0 bridgehead atoms. The fourth-order valence-electron chi connectivity index (χ4n) is 4.48. The molecule has 1 aromatic heterocycles. The Labute approximate surface area is 221 Å². The average molecular weight is 513 g/mol. The number of nitrogens with zero attached hydrogens (tertiary/aromatic N) is 2. The average Bonchev–Trinajstić information content (AvgIpc) is 3.17. The molecule has 5 aromatic rings. The summed E-state index contributed by atoms with van der Waals surface area (Å²) in [5.41, 5.74) is 12.7. The zero-order chi connectivity index (χ0) is 25.2. The quantitative estimate of drug-likeness (QED) is 0.230. The Balaban J connectivity index is 0.00000320. The number of ether oxygens (including phenoxy) is 1. The molecule has 0 saturated carbocycles. The van der Waals surface area contributed by atoms with Crippen LogP contribution in [0.15, 0.2) is 84.9 Å². The van der Waals surface area contributed by atoms with Gasteiger partial charge in [-0.15, -0.1) is 12.4 Å². The normalized spacial score (nSPS) is 10.5. The van der Waals surface area contributed by atoms with Crippen molar-refractivity contribution in [2.24, 2.45) is 0 Å². The Bertz CT molecular complexity index is 1610. The molecule has 0 spiro atoms. The number of nitrogen functional groups attached to an aromatic ring is 1. The summed E-state index contributed by atoms with van der Waals surface area (Å²) in [4.78, 5) is 0. The van der Waals surface area contributed by atoms with Gasteiger partial charge in [0.1, 0.15) is 18.5 Å². The maximum atomic E-state index is 14.0. The Kier molecular flexibility index (Phi) is 7.37. The number of benzene rings is 4. The van der Waals surface area contributed by atoms with E-state index in [2.05, 4.69) is 11.4 Å². The third kappa shape index (κ3) is 4.82. The number of anilines is 3. The third-order valence-corrected chi connectivity index (χ3v) is 6.26. The maximum absolute atomic E-state index is 14.0. The van der Waals surface area contributed by atoms with E-state index in [1.165, 1.54) is 6.07 Å². The van der Waals surface area contributed by atoms with Gasteiger partial charge in [-0.1, -0.05) is 48.5 Å². The minimum atomic E-state index is -0.282. The van der Waals surface area contributed by atoms with E-state index in [9.17, 15) is 9.65 Å². The van der Waals surface area contributed by atoms with E-state index in [0.717, 1.165) is 28.1 Å². The van der Waals surface area contributed by atoms with Crippen molar-refractivity contribution in [2.75, 3.05) is 11.1 Å². The van der Waals surface area contributed by atoms with Gasteiger partial charge < -0.3 is 20.4 Å². The second-order valence-corrected chi connectivity index (χ2v) is 8.67. The topological polar surface area (TPSA) is 76.0 Å². The Morgan fingerprint density at radius 1 is 0.973 bits per heavy atom. The Morgan fingerprint density at radius 2 is 1.65 bits per heavy atom. The Hall–Kier alpha value is -4.47. The number of nitrogens with one attached hydrogen (secondary N) is 1. The molecule has 37 heavy (non-hydrogen) atoms. The largest absolute Gasteiger partial charge is 0.485 e. The summed E-state index contributed by atoms with van der Waals surface area (Å²) in [6, 6.07) is 28.6. The van der Waals surface area contributed by atoms with Crippen LogP contribution in [-0.4, -0.2) is 4.57 Å². The van der Waals surface area contributed by atoms with E-state index in [1.54, 1.807) is 19.1 Å². The highest BCUT2D eigenvalue weighted by Crippen LogP contribution is 2.45. The zero-order valence-electron chi connectivity index (χ0n) is 20.5. The fourth-order valence-corrected chi connectivity index (χ4v) is 4.48. The van der Waals surface area contributed by atoms with Gasteiger partial charge in [-0.25, -0.2) is 4.39 Å². The van der Waals surface area contributed by atoms with Crippen LogP contribution in [0, 0.1) is 31.0 Å². The second-order valence-electron chi connectivity index (χ2n) is 8.67. The molecule has 0 radical (unpaired) electrons. The molecule has 3 N–H and O–H groups in total. The van der Waals surface area contributed by atoms with E-state index in [-0.39, 0.29) is 18.2 Å². The highest BCUT2D eigenvalue weighted by atomic mass is 35.5. The van der Waals surface area contributed by atoms with Crippen molar-refractivity contribution in [2.45, 2.75) is 20.5 Å². The molecular formula is C30H26ClFN4O. The molecule has 0 aliphatic heterocycles. The first-order valence-electron chi connectivity index (χ1n) is 11.6. The summed E-state index contributed by atoms with van der Waals surface area (Å²) in [6.07, 6.45) is 0. The number of para-hydroxylation sites is 1. The summed E-state index contributed by atoms with van der Waals surface area (Å²) < 4.78 is 22.2. The molecule has 0 fully saturated rings. The molecule has 0 aliphatic rings. The van der Waals surface area contributed by atoms with Gasteiger partial charge >= 0.3 is 0 Å². The molecule has 1 heterocycles. The minimum Gasteiger partial charge on any atom is -0.485 e. The third-order valence-electron chi connectivity index (χ3n) is 6.26. The molecule has 0 amide bonds. The maximum Gasteiger partial charge on any atom is 0.166 e. The minimum absolute atomic E-state index is 0. The number of aryl methyl sites for hydroxylation is 1. The van der Waals surface area contributed by atoms with Crippen molar-refractivity contribution in [1.29, 1.82) is 5.26 Å². The number of hydrogen-bond donors (Lipinski definition) is 2. The standard InChI is InChI=1S/C30H25FN4O.ClH/c1-19-15-23(13-14-25(19)31)35-20(2)24(17-32)28-27(35)16-26(33)30(36-18-21-9-5-3-6-10-21)29(28)34-22-11-7-4-8-12-22;/h3-16,34H,18,33H2,1-2H3;1H. The zero-order valence-corrected chi connectivity index (χ0v) is 21.3. The van der Waals surface area contributed by atoms with Gasteiger partial charge in [-0.3, -0.25) is 0 Å². The van der Waals surface area contributed by atoms with Crippen molar-refractivity contribution in [3.05, 3.63) is 113 Å². The lowest BCUT2D eigenvalue weighted by Gasteiger charge is -2.18. The van der Waals surface area contributed by atoms with Crippen molar-refractivity contribution < 1.29 is 9.13 Å². The molecule has 5 nitrogen and oxygen atoms in total. The van der Waals surface area contributed by atoms with Crippen molar-refractivity contribution in [3.63, 3.8) is 0 Å². The number of nitrogens with two attached hydrogens (primary N) is 1. The van der Waals surface area contributed by atoms with Crippen LogP contribution in [-0.2, 0) is 6.61 Å². The van der Waals surface area contributed by atoms with E-state index in [4.69, 9.17) is 10.5 Å². The highest BCUT2D eigenvalue weighted by molar-refractivity contribution is 6.06. The first-order valence-corrected chi connectivity index (χ1v) is 11.6. The van der Waals surface area contributed by atoms with Gasteiger partial charge in [-0.05, 0) is 61.4 Å². The Morgan fingerprint density at radius 3 is 2.30 bits per heavy atom. The summed E-state index contributed by atoms with van der Waals surface area (Å²) >= 11 is 0. The number of aromatic nitrogens is 1. The summed E-state index contributed by atoms with van der Waals surface area (Å²) in [5, 5.41) is 14.4. The van der Waals surface area contributed by atoms with E-state index >= 15 is 0 Å². The lowest BCUT2D eigenvalue weighted by atomic mass is 10.1. The second kappa shape index (κ2) is 10.7. The van der Waals surface area contributed by atoms with Crippen LogP contribution in [0.4, 0.5) is 21.5 Å². The summed E-state index contributed by atoms with van der Waals surface area (Å²) in [6.45, 7) is 3.92. The van der Waals surface area contributed by atoms with Crippen LogP contribution in [0.2, 0.25) is 0 Å². The molecule has 7 heteroatoms. The van der Waals surface area contributed by atoms with Crippen molar-refractivity contribution >= 4 is 40.4 Å². The predicted octanol–water partition coefficient (Wildman–Crippen LogP) is 7.58. The molecule has 186 valence electrons. The molecule has 5 rings (SSSR count). The fraction of sp³-hybridized carbons (Fsp3) is 0.100. The first kappa shape index (κ1) is 25.6. The van der Waals surface area contributed by atoms with E-state index in [1.807, 2.05) is 78.2 Å².